The largest absolute Gasteiger partial charge is 0.480 e. The maximum atomic E-state index is 11.3. The van der Waals surface area contributed by atoms with Crippen LogP contribution in [0.4, 0.5) is 9.59 Å². The molecular formula is C22H36Cl2N2O11. The summed E-state index contributed by atoms with van der Waals surface area (Å²) < 4.78 is 18.1. The number of aliphatic carboxylic acids is 1. The van der Waals surface area contributed by atoms with Gasteiger partial charge in [0.1, 0.15) is 23.3 Å². The van der Waals surface area contributed by atoms with Crippen molar-refractivity contribution in [1.29, 1.82) is 0 Å². The highest BCUT2D eigenvalue weighted by molar-refractivity contribution is 6.93. The van der Waals surface area contributed by atoms with Crippen LogP contribution in [0.1, 0.15) is 67.2 Å². The number of nitrogens with one attached hydrogen (secondary N) is 1. The molecule has 2 atom stereocenters. The number of carboxylic acid groups (broad SMARTS) is 1. The van der Waals surface area contributed by atoms with Crippen molar-refractivity contribution in [1.82, 2.24) is 5.32 Å². The first kappa shape index (κ1) is 36.7. The molecule has 2 saturated heterocycles. The van der Waals surface area contributed by atoms with Crippen LogP contribution in [0.15, 0.2) is 0 Å². The molecule has 2 fully saturated rings. The Hall–Kier alpha value is -2.48. The Morgan fingerprint density at radius 3 is 1.73 bits per heavy atom. The first-order valence-electron chi connectivity index (χ1n) is 11.1. The van der Waals surface area contributed by atoms with E-state index in [2.05, 4.69) is 33.3 Å². The van der Waals surface area contributed by atoms with Crippen LogP contribution in [0.2, 0.25) is 0 Å². The van der Waals surface area contributed by atoms with Crippen LogP contribution in [0.25, 0.3) is 0 Å². The number of amides is 1. The summed E-state index contributed by atoms with van der Waals surface area (Å²) in [6, 6.07) is -2.11. The number of esters is 3. The van der Waals surface area contributed by atoms with E-state index in [1.807, 2.05) is 0 Å². The van der Waals surface area contributed by atoms with Gasteiger partial charge in [0.25, 0.3) is 0 Å². The molecule has 1 unspecified atom stereocenters. The average molecular weight is 575 g/mol. The minimum absolute atomic E-state index is 0.207. The third-order valence-electron chi connectivity index (χ3n) is 3.51. The third-order valence-corrected chi connectivity index (χ3v) is 3.51. The maximum absolute atomic E-state index is 11.3. The molecule has 0 aromatic heterocycles. The lowest BCUT2D eigenvalue weighted by molar-refractivity contribution is -0.158. The van der Waals surface area contributed by atoms with Gasteiger partial charge in [-0.05, 0) is 77.6 Å². The Morgan fingerprint density at radius 1 is 1.00 bits per heavy atom. The predicted molar refractivity (Wildman–Crippen MR) is 132 cm³/mol. The number of ether oxygens (including phenoxy) is 4. The fourth-order valence-electron chi connectivity index (χ4n) is 2.24. The quantitative estimate of drug-likeness (QED) is 0.188. The molecule has 15 heteroatoms. The number of cyclic esters (lactones) is 2. The summed E-state index contributed by atoms with van der Waals surface area (Å²) in [6.07, 6.45) is 1.22. The zero-order valence-corrected chi connectivity index (χ0v) is 23.3. The van der Waals surface area contributed by atoms with Crippen molar-refractivity contribution in [3.05, 3.63) is 0 Å². The normalized spacial score (nSPS) is 17.2. The van der Waals surface area contributed by atoms with Crippen LogP contribution in [-0.4, -0.2) is 76.3 Å². The van der Waals surface area contributed by atoms with Crippen molar-refractivity contribution in [3.63, 3.8) is 0 Å². The first-order valence-corrected chi connectivity index (χ1v) is 11.9. The van der Waals surface area contributed by atoms with Crippen LogP contribution in [0.3, 0.4) is 0 Å². The molecule has 2 aliphatic rings. The second kappa shape index (κ2) is 17.9. The monoisotopic (exact) mass is 574 g/mol. The van der Waals surface area contributed by atoms with E-state index in [4.69, 9.17) is 29.8 Å². The van der Waals surface area contributed by atoms with Gasteiger partial charge in [0.2, 0.25) is 0 Å². The van der Waals surface area contributed by atoms with Crippen LogP contribution >= 0.6 is 23.2 Å². The standard InChI is InChI=1S/C9H13NO5.C8H15NO4.C4H8O.CCl2O/c1-9(2,3)15-6(11)4-5-7(12)14-8(13)10-5;1-8(2,3)13-6(10)4-5(9)7(11)12;1-2-4-5-3-1;2-1(3)4/h5H,4H2,1-3H3,(H,10,13);5H,4,9H2,1-3H3,(H,11,12);1-4H2;/t;5-;;/m.0../s1. The SMILES string of the molecule is C1CCOC1.CC(C)(C)OC(=O)CC1NC(=O)OC1=O.CC(C)(C)OC(=O)C[C@H](N)C(=O)O.O=C(Cl)Cl. The van der Waals surface area contributed by atoms with Gasteiger partial charge in [-0.25, -0.2) is 9.59 Å². The van der Waals surface area contributed by atoms with Crippen molar-refractivity contribution in [2.45, 2.75) is 90.5 Å². The molecule has 214 valence electrons. The number of hydrogen-bond donors (Lipinski definition) is 3. The molecule has 4 N–H and O–H groups in total. The maximum Gasteiger partial charge on any atom is 0.415 e. The summed E-state index contributed by atoms with van der Waals surface area (Å²) in [5.74, 6) is -3.09. The lowest BCUT2D eigenvalue weighted by atomic mass is 10.2. The van der Waals surface area contributed by atoms with Gasteiger partial charge in [-0.1, -0.05) is 0 Å². The van der Waals surface area contributed by atoms with Crippen molar-refractivity contribution in [3.8, 4) is 0 Å². The van der Waals surface area contributed by atoms with Crippen molar-refractivity contribution >= 4 is 57.9 Å². The van der Waals surface area contributed by atoms with E-state index in [0.717, 1.165) is 13.2 Å². The summed E-state index contributed by atoms with van der Waals surface area (Å²) >= 11 is 8.80. The second-order valence-electron chi connectivity index (χ2n) is 9.48. The van der Waals surface area contributed by atoms with Crippen molar-refractivity contribution < 1.29 is 52.8 Å². The molecule has 2 rings (SSSR count). The summed E-state index contributed by atoms with van der Waals surface area (Å²) in [7, 11) is 0. The van der Waals surface area contributed by atoms with E-state index in [0.29, 0.717) is 0 Å². The molecule has 0 saturated carbocycles. The fourth-order valence-corrected chi connectivity index (χ4v) is 2.24. The molecule has 13 nitrogen and oxygen atoms in total. The van der Waals surface area contributed by atoms with Crippen LogP contribution in [0, 0.1) is 0 Å². The summed E-state index contributed by atoms with van der Waals surface area (Å²) in [6.45, 7) is 12.3. The fraction of sp³-hybridized carbons (Fsp3) is 0.727. The zero-order valence-electron chi connectivity index (χ0n) is 21.8. The molecule has 0 aromatic rings. The Kier molecular flexibility index (Phi) is 17.7. The molecule has 37 heavy (non-hydrogen) atoms. The molecular weight excluding hydrogens is 539 g/mol. The highest BCUT2D eigenvalue weighted by Crippen LogP contribution is 2.12. The highest BCUT2D eigenvalue weighted by atomic mass is 35.5. The van der Waals surface area contributed by atoms with Gasteiger partial charge < -0.3 is 35.1 Å². The van der Waals surface area contributed by atoms with Crippen LogP contribution in [0.5, 0.6) is 0 Å². The van der Waals surface area contributed by atoms with Gasteiger partial charge in [0.05, 0.1) is 12.8 Å². The number of carbonyl (C=O) groups excluding carboxylic acids is 5. The molecule has 2 aliphatic heterocycles. The van der Waals surface area contributed by atoms with Crippen LogP contribution < -0.4 is 11.1 Å². The third kappa shape index (κ3) is 25.0. The molecule has 0 aromatic carbocycles. The van der Waals surface area contributed by atoms with Gasteiger partial charge >= 0.3 is 34.7 Å². The number of hydrogen-bond acceptors (Lipinski definition) is 11. The Morgan fingerprint density at radius 2 is 1.43 bits per heavy atom. The summed E-state index contributed by atoms with van der Waals surface area (Å²) in [5.41, 5.74) is 3.93. The topological polar surface area (TPSA) is 198 Å². The number of carbonyl (C=O) groups is 6. The smallest absolute Gasteiger partial charge is 0.415 e. The molecule has 2 heterocycles. The summed E-state index contributed by atoms with van der Waals surface area (Å²) in [5, 5.41) is 10.6. The predicted octanol–water partition coefficient (Wildman–Crippen LogP) is 2.86. The van der Waals surface area contributed by atoms with E-state index in [1.54, 1.807) is 41.5 Å². The number of nitrogens with two attached hydrogens (primary N) is 1. The second-order valence-corrected chi connectivity index (χ2v) is 10.4. The Bertz CT molecular complexity index is 777. The van der Waals surface area contributed by atoms with Crippen molar-refractivity contribution in [2.24, 2.45) is 5.73 Å². The van der Waals surface area contributed by atoms with E-state index in [1.165, 1.54) is 12.8 Å². The van der Waals surface area contributed by atoms with E-state index < -0.39 is 58.0 Å². The van der Waals surface area contributed by atoms with Gasteiger partial charge in [-0.15, -0.1) is 0 Å². The van der Waals surface area contributed by atoms with E-state index >= 15 is 0 Å². The van der Waals surface area contributed by atoms with Crippen LogP contribution in [-0.2, 0) is 38.1 Å². The Labute approximate surface area is 225 Å². The van der Waals surface area contributed by atoms with Gasteiger partial charge in [-0.2, -0.15) is 0 Å². The van der Waals surface area contributed by atoms with Crippen molar-refractivity contribution in [2.75, 3.05) is 13.2 Å². The molecule has 0 aliphatic carbocycles. The van der Waals surface area contributed by atoms with Gasteiger partial charge in [-0.3, -0.25) is 19.2 Å². The highest BCUT2D eigenvalue weighted by Gasteiger charge is 2.35. The lowest BCUT2D eigenvalue weighted by Crippen LogP contribution is -2.35. The number of rotatable bonds is 5. The lowest BCUT2D eigenvalue weighted by Gasteiger charge is -2.20. The minimum atomic E-state index is -1.20. The number of halogens is 2. The number of alkyl carbamates (subject to hydrolysis) is 1. The van der Waals surface area contributed by atoms with E-state index in [-0.39, 0.29) is 12.8 Å². The minimum Gasteiger partial charge on any atom is -0.480 e. The zero-order chi connectivity index (χ0) is 29.4. The van der Waals surface area contributed by atoms with Gasteiger partial charge in [0.15, 0.2) is 0 Å². The number of carboxylic acids is 1. The van der Waals surface area contributed by atoms with Gasteiger partial charge in [0, 0.05) is 13.2 Å². The molecule has 0 radical (unpaired) electrons. The van der Waals surface area contributed by atoms with E-state index in [9.17, 15) is 24.0 Å². The molecule has 1 amide bonds. The first-order chi connectivity index (χ1) is 16.7. The summed E-state index contributed by atoms with van der Waals surface area (Å²) in [4.78, 5) is 63.1. The molecule has 0 spiro atoms. The molecule has 0 bridgehead atoms. The average Bonchev–Trinajstić information content (AvgIpc) is 3.32. The Balaban J connectivity index is 0.